The van der Waals surface area contributed by atoms with Crippen LogP contribution in [0.25, 0.3) is 0 Å². The predicted octanol–water partition coefficient (Wildman–Crippen LogP) is 2.78. The fraction of sp³-hybridized carbons (Fsp3) is 0.579. The van der Waals surface area contributed by atoms with Crippen LogP contribution in [0.1, 0.15) is 33.1 Å². The van der Waals surface area contributed by atoms with Gasteiger partial charge in [-0.1, -0.05) is 6.07 Å². The maximum Gasteiger partial charge on any atom is 0.224 e. The monoisotopic (exact) mass is 492 g/mol. The van der Waals surface area contributed by atoms with Crippen molar-refractivity contribution >= 4 is 35.8 Å². The summed E-state index contributed by atoms with van der Waals surface area (Å²) >= 11 is 0. The van der Waals surface area contributed by atoms with Crippen molar-refractivity contribution in [1.29, 1.82) is 0 Å². The molecular formula is C19H30FIN4O2. The zero-order valence-corrected chi connectivity index (χ0v) is 18.4. The summed E-state index contributed by atoms with van der Waals surface area (Å²) in [6, 6.07) is 6.07. The van der Waals surface area contributed by atoms with Gasteiger partial charge in [-0.25, -0.2) is 9.38 Å². The molecule has 0 spiro atoms. The molecule has 2 N–H and O–H groups in total. The molecule has 1 unspecified atom stereocenters. The quantitative estimate of drug-likeness (QED) is 0.333. The summed E-state index contributed by atoms with van der Waals surface area (Å²) in [5.74, 6) is 1.00. The van der Waals surface area contributed by atoms with Gasteiger partial charge >= 0.3 is 0 Å². The number of halogens is 2. The van der Waals surface area contributed by atoms with Gasteiger partial charge in [-0.3, -0.25) is 4.79 Å². The van der Waals surface area contributed by atoms with Gasteiger partial charge in [0.2, 0.25) is 5.91 Å². The molecule has 6 nitrogen and oxygen atoms in total. The topological polar surface area (TPSA) is 66.0 Å². The fourth-order valence-electron chi connectivity index (χ4n) is 2.78. The lowest BCUT2D eigenvalue weighted by molar-refractivity contribution is -0.129. The summed E-state index contributed by atoms with van der Waals surface area (Å²) in [5, 5.41) is 6.33. The summed E-state index contributed by atoms with van der Waals surface area (Å²) < 4.78 is 18.9. The molecule has 1 heterocycles. The number of guanidine groups is 1. The first-order valence-electron chi connectivity index (χ1n) is 9.30. The molecule has 1 aromatic rings. The molecule has 0 aromatic heterocycles. The third-order valence-electron chi connectivity index (χ3n) is 4.07. The molecular weight excluding hydrogens is 462 g/mol. The molecule has 27 heavy (non-hydrogen) atoms. The minimum atomic E-state index is -0.323. The van der Waals surface area contributed by atoms with Crippen molar-refractivity contribution in [3.05, 3.63) is 30.1 Å². The molecule has 1 aliphatic heterocycles. The number of carbonyl (C=O) groups excluding carboxylic acids is 1. The van der Waals surface area contributed by atoms with Crippen LogP contribution in [0.15, 0.2) is 29.3 Å². The molecule has 0 bridgehead atoms. The first-order valence-corrected chi connectivity index (χ1v) is 9.30. The van der Waals surface area contributed by atoms with E-state index in [-0.39, 0.29) is 41.8 Å². The van der Waals surface area contributed by atoms with E-state index >= 15 is 0 Å². The van der Waals surface area contributed by atoms with Crippen LogP contribution in [0.4, 0.5) is 4.39 Å². The van der Waals surface area contributed by atoms with Gasteiger partial charge in [0.1, 0.15) is 17.7 Å². The lowest BCUT2D eigenvalue weighted by atomic mass is 10.3. The lowest BCUT2D eigenvalue weighted by Gasteiger charge is -2.17. The molecule has 2 rings (SSSR count). The molecule has 1 amide bonds. The molecule has 8 heteroatoms. The van der Waals surface area contributed by atoms with E-state index in [0.717, 1.165) is 32.5 Å². The average Bonchev–Trinajstić information content (AvgIpc) is 3.14. The van der Waals surface area contributed by atoms with Crippen molar-refractivity contribution in [2.24, 2.45) is 4.99 Å². The Morgan fingerprint density at radius 2 is 2.07 bits per heavy atom. The lowest BCUT2D eigenvalue weighted by Crippen LogP contribution is -2.40. The van der Waals surface area contributed by atoms with Crippen LogP contribution in [0.3, 0.4) is 0 Å². The van der Waals surface area contributed by atoms with Gasteiger partial charge in [-0.2, -0.15) is 0 Å². The minimum absolute atomic E-state index is 0. The number of aliphatic imine (C=N–C) groups is 1. The van der Waals surface area contributed by atoms with Crippen LogP contribution in [-0.4, -0.2) is 55.6 Å². The standard InChI is InChI=1S/C19H29FN4O2.HI/c1-3-21-19(22-10-9-18(25)24-11-4-5-12-24)23-14-15(2)26-17-8-6-7-16(20)13-17;/h6-8,13,15H,3-5,9-12,14H2,1-2H3,(H2,21,22,23);1H. The Hall–Kier alpha value is -1.58. The van der Waals surface area contributed by atoms with E-state index in [1.54, 1.807) is 12.1 Å². The van der Waals surface area contributed by atoms with E-state index in [2.05, 4.69) is 15.6 Å². The summed E-state index contributed by atoms with van der Waals surface area (Å²) in [4.78, 5) is 18.5. The number of carbonyl (C=O) groups is 1. The van der Waals surface area contributed by atoms with Gasteiger partial charge in [0, 0.05) is 38.7 Å². The second-order valence-corrected chi connectivity index (χ2v) is 6.37. The number of hydrogen-bond acceptors (Lipinski definition) is 3. The Kier molecular flexibility index (Phi) is 11.1. The summed E-state index contributed by atoms with van der Waals surface area (Å²) in [5.41, 5.74) is 0. The Balaban J connectivity index is 0.00000364. The highest BCUT2D eigenvalue weighted by atomic mass is 127. The molecule has 1 saturated heterocycles. The van der Waals surface area contributed by atoms with Crippen LogP contribution in [0.5, 0.6) is 5.75 Å². The smallest absolute Gasteiger partial charge is 0.224 e. The van der Waals surface area contributed by atoms with Gasteiger partial charge < -0.3 is 20.3 Å². The first-order chi connectivity index (χ1) is 12.6. The molecule has 0 saturated carbocycles. The van der Waals surface area contributed by atoms with Crippen molar-refractivity contribution in [2.75, 3.05) is 32.7 Å². The van der Waals surface area contributed by atoms with Crippen molar-refractivity contribution in [2.45, 2.75) is 39.2 Å². The Morgan fingerprint density at radius 3 is 2.74 bits per heavy atom. The van der Waals surface area contributed by atoms with Gasteiger partial charge in [-0.15, -0.1) is 24.0 Å². The van der Waals surface area contributed by atoms with E-state index in [1.807, 2.05) is 18.7 Å². The number of ether oxygens (including phenoxy) is 1. The van der Waals surface area contributed by atoms with Crippen LogP contribution in [0.2, 0.25) is 0 Å². The van der Waals surface area contributed by atoms with Crippen LogP contribution in [-0.2, 0) is 4.79 Å². The average molecular weight is 492 g/mol. The van der Waals surface area contributed by atoms with Gasteiger partial charge in [-0.05, 0) is 38.8 Å². The van der Waals surface area contributed by atoms with Crippen LogP contribution in [0, 0.1) is 5.82 Å². The minimum Gasteiger partial charge on any atom is -0.489 e. The highest BCUT2D eigenvalue weighted by molar-refractivity contribution is 14.0. The number of hydrogen-bond donors (Lipinski definition) is 2. The molecule has 1 aromatic carbocycles. The van der Waals surface area contributed by atoms with Crippen molar-refractivity contribution < 1.29 is 13.9 Å². The molecule has 0 radical (unpaired) electrons. The molecule has 152 valence electrons. The van der Waals surface area contributed by atoms with E-state index in [1.165, 1.54) is 12.1 Å². The Bertz CT molecular complexity index is 609. The maximum absolute atomic E-state index is 13.2. The van der Waals surface area contributed by atoms with Crippen molar-refractivity contribution in [1.82, 2.24) is 15.5 Å². The van der Waals surface area contributed by atoms with Gasteiger partial charge in [0.15, 0.2) is 5.96 Å². The second-order valence-electron chi connectivity index (χ2n) is 6.37. The van der Waals surface area contributed by atoms with E-state index < -0.39 is 0 Å². The number of nitrogens with zero attached hydrogens (tertiary/aromatic N) is 2. The zero-order valence-electron chi connectivity index (χ0n) is 16.0. The van der Waals surface area contributed by atoms with Gasteiger partial charge in [0.05, 0.1) is 6.54 Å². The number of likely N-dealkylation sites (tertiary alicyclic amines) is 1. The van der Waals surface area contributed by atoms with E-state index in [0.29, 0.717) is 31.2 Å². The third-order valence-corrected chi connectivity index (χ3v) is 4.07. The van der Waals surface area contributed by atoms with Crippen LogP contribution < -0.4 is 15.4 Å². The summed E-state index contributed by atoms with van der Waals surface area (Å²) in [6.45, 7) is 7.31. The number of benzene rings is 1. The molecule has 1 aliphatic rings. The van der Waals surface area contributed by atoms with Crippen molar-refractivity contribution in [3.8, 4) is 5.75 Å². The first kappa shape index (κ1) is 23.5. The highest BCUT2D eigenvalue weighted by Crippen LogP contribution is 2.13. The van der Waals surface area contributed by atoms with Gasteiger partial charge in [0.25, 0.3) is 0 Å². The molecule has 0 aliphatic carbocycles. The third kappa shape index (κ3) is 8.77. The number of amides is 1. The molecule has 1 atom stereocenters. The zero-order chi connectivity index (χ0) is 18.8. The predicted molar refractivity (Wildman–Crippen MR) is 116 cm³/mol. The van der Waals surface area contributed by atoms with E-state index in [9.17, 15) is 9.18 Å². The van der Waals surface area contributed by atoms with E-state index in [4.69, 9.17) is 4.74 Å². The Labute approximate surface area is 178 Å². The number of nitrogens with one attached hydrogen (secondary N) is 2. The summed E-state index contributed by atoms with van der Waals surface area (Å²) in [6.07, 6.45) is 2.47. The Morgan fingerprint density at radius 1 is 1.33 bits per heavy atom. The highest BCUT2D eigenvalue weighted by Gasteiger charge is 2.17. The van der Waals surface area contributed by atoms with Crippen molar-refractivity contribution in [3.63, 3.8) is 0 Å². The molecule has 1 fully saturated rings. The second kappa shape index (κ2) is 12.7. The normalized spacial score (nSPS) is 15.1. The SMILES string of the molecule is CCNC(=NCC(C)Oc1cccc(F)c1)NCCC(=O)N1CCCC1.I. The fourth-order valence-corrected chi connectivity index (χ4v) is 2.78. The summed E-state index contributed by atoms with van der Waals surface area (Å²) in [7, 11) is 0. The largest absolute Gasteiger partial charge is 0.489 e. The number of rotatable bonds is 8. The maximum atomic E-state index is 13.2. The van der Waals surface area contributed by atoms with Crippen LogP contribution >= 0.6 is 24.0 Å².